The van der Waals surface area contributed by atoms with E-state index >= 15 is 0 Å². The van der Waals surface area contributed by atoms with Gasteiger partial charge in [0, 0.05) is 17.5 Å². The molecule has 21 heavy (non-hydrogen) atoms. The summed E-state index contributed by atoms with van der Waals surface area (Å²) in [5.74, 6) is 5.97. The molecule has 1 aliphatic heterocycles. The number of benzene rings is 1. The summed E-state index contributed by atoms with van der Waals surface area (Å²) in [7, 11) is 0. The molecule has 1 aliphatic rings. The number of imidazole rings is 1. The Bertz CT molecular complexity index is 731. The SMILES string of the molecule is CC1C(C#Cc2cnc[nH]2)=CC=CN1c1ccc(F)cc1. The maximum Gasteiger partial charge on any atom is 0.123 e. The molecule has 2 aromatic rings. The highest BCUT2D eigenvalue weighted by molar-refractivity contribution is 5.57. The first-order valence-electron chi connectivity index (χ1n) is 6.67. The van der Waals surface area contributed by atoms with E-state index in [2.05, 4.69) is 33.6 Å². The molecule has 0 fully saturated rings. The van der Waals surface area contributed by atoms with Crippen LogP contribution < -0.4 is 4.90 Å². The van der Waals surface area contributed by atoms with E-state index in [4.69, 9.17) is 0 Å². The van der Waals surface area contributed by atoms with Crippen molar-refractivity contribution in [3.8, 4) is 11.8 Å². The average Bonchev–Trinajstić information content (AvgIpc) is 3.01. The summed E-state index contributed by atoms with van der Waals surface area (Å²) in [6.45, 7) is 2.07. The predicted octanol–water partition coefficient (Wildman–Crippen LogP) is 3.25. The summed E-state index contributed by atoms with van der Waals surface area (Å²) in [6, 6.07) is 6.55. The van der Waals surface area contributed by atoms with E-state index in [1.807, 2.05) is 18.4 Å². The van der Waals surface area contributed by atoms with Crippen molar-refractivity contribution >= 4 is 5.69 Å². The van der Waals surface area contributed by atoms with Crippen LogP contribution in [0.1, 0.15) is 12.6 Å². The summed E-state index contributed by atoms with van der Waals surface area (Å²) in [6.07, 6.45) is 9.20. The van der Waals surface area contributed by atoms with Gasteiger partial charge in [-0.2, -0.15) is 0 Å². The van der Waals surface area contributed by atoms with E-state index in [0.717, 1.165) is 17.0 Å². The van der Waals surface area contributed by atoms with Gasteiger partial charge in [0.05, 0.1) is 18.6 Å². The number of H-pyrrole nitrogens is 1. The third-order valence-electron chi connectivity index (χ3n) is 3.35. The number of rotatable bonds is 1. The van der Waals surface area contributed by atoms with Crippen LogP contribution in [0.2, 0.25) is 0 Å². The lowest BCUT2D eigenvalue weighted by molar-refractivity contribution is 0.627. The molecule has 0 spiro atoms. The maximum absolute atomic E-state index is 13.0. The molecule has 3 rings (SSSR count). The molecule has 1 aromatic heterocycles. The monoisotopic (exact) mass is 279 g/mol. The van der Waals surface area contributed by atoms with E-state index in [0.29, 0.717) is 0 Å². The van der Waals surface area contributed by atoms with Gasteiger partial charge in [-0.25, -0.2) is 9.37 Å². The normalized spacial score (nSPS) is 17.1. The summed E-state index contributed by atoms with van der Waals surface area (Å²) < 4.78 is 13.0. The van der Waals surface area contributed by atoms with Crippen LogP contribution in [0.3, 0.4) is 0 Å². The third-order valence-corrected chi connectivity index (χ3v) is 3.35. The third kappa shape index (κ3) is 2.87. The van der Waals surface area contributed by atoms with Gasteiger partial charge in [-0.1, -0.05) is 5.92 Å². The lowest BCUT2D eigenvalue weighted by atomic mass is 10.0. The molecule has 0 bridgehead atoms. The Morgan fingerprint density at radius 2 is 2.05 bits per heavy atom. The highest BCUT2D eigenvalue weighted by Crippen LogP contribution is 2.24. The molecule has 0 aliphatic carbocycles. The van der Waals surface area contributed by atoms with Crippen molar-refractivity contribution < 1.29 is 4.39 Å². The van der Waals surface area contributed by atoms with E-state index in [1.165, 1.54) is 12.1 Å². The van der Waals surface area contributed by atoms with Crippen molar-refractivity contribution in [3.05, 3.63) is 72.2 Å². The number of halogens is 1. The van der Waals surface area contributed by atoms with Crippen LogP contribution in [0.4, 0.5) is 10.1 Å². The number of aromatic nitrogens is 2. The zero-order valence-electron chi connectivity index (χ0n) is 11.5. The second-order valence-corrected chi connectivity index (χ2v) is 4.74. The molecule has 1 atom stereocenters. The summed E-state index contributed by atoms with van der Waals surface area (Å²) >= 11 is 0. The van der Waals surface area contributed by atoms with Gasteiger partial charge in [0.2, 0.25) is 0 Å². The molecule has 1 aromatic carbocycles. The lowest BCUT2D eigenvalue weighted by Crippen LogP contribution is -2.31. The predicted molar refractivity (Wildman–Crippen MR) is 81.0 cm³/mol. The minimum Gasteiger partial charge on any atom is -0.340 e. The topological polar surface area (TPSA) is 31.9 Å². The van der Waals surface area contributed by atoms with E-state index in [-0.39, 0.29) is 11.9 Å². The fourth-order valence-electron chi connectivity index (χ4n) is 2.19. The molecule has 4 heteroatoms. The highest BCUT2D eigenvalue weighted by atomic mass is 19.1. The molecule has 0 saturated heterocycles. The number of nitrogens with zero attached hydrogens (tertiary/aromatic N) is 2. The van der Waals surface area contributed by atoms with Gasteiger partial charge >= 0.3 is 0 Å². The molecule has 0 amide bonds. The average molecular weight is 279 g/mol. The van der Waals surface area contributed by atoms with E-state index in [9.17, 15) is 4.39 Å². The van der Waals surface area contributed by atoms with Gasteiger partial charge in [-0.05, 0) is 49.3 Å². The van der Waals surface area contributed by atoms with Crippen molar-refractivity contribution in [2.24, 2.45) is 0 Å². The molecular formula is C17H14FN3. The number of anilines is 1. The van der Waals surface area contributed by atoms with Crippen molar-refractivity contribution in [2.45, 2.75) is 13.0 Å². The van der Waals surface area contributed by atoms with Gasteiger partial charge in [0.15, 0.2) is 0 Å². The van der Waals surface area contributed by atoms with Crippen LogP contribution in [0.15, 0.2) is 60.7 Å². The smallest absolute Gasteiger partial charge is 0.123 e. The van der Waals surface area contributed by atoms with E-state index < -0.39 is 0 Å². The van der Waals surface area contributed by atoms with Crippen LogP contribution in [0, 0.1) is 17.7 Å². The van der Waals surface area contributed by atoms with Gasteiger partial charge in [-0.15, -0.1) is 0 Å². The number of hydrogen-bond acceptors (Lipinski definition) is 2. The quantitative estimate of drug-likeness (QED) is 0.813. The Kier molecular flexibility index (Phi) is 3.57. The standard InChI is InChI=1S/C17H14FN3/c1-13-14(4-7-16-11-19-12-20-16)3-2-10-21(13)17-8-5-15(18)6-9-17/h2-3,5-6,8-13H,1H3,(H,19,20). The van der Waals surface area contributed by atoms with Gasteiger partial charge < -0.3 is 9.88 Å². The van der Waals surface area contributed by atoms with Crippen LogP contribution in [0.5, 0.6) is 0 Å². The minimum absolute atomic E-state index is 0.0934. The van der Waals surface area contributed by atoms with Gasteiger partial charge in [0.1, 0.15) is 11.5 Å². The zero-order chi connectivity index (χ0) is 14.7. The molecule has 3 nitrogen and oxygen atoms in total. The first kappa shape index (κ1) is 13.2. The Balaban J connectivity index is 1.83. The van der Waals surface area contributed by atoms with E-state index in [1.54, 1.807) is 24.7 Å². The molecular weight excluding hydrogens is 265 g/mol. The zero-order valence-corrected chi connectivity index (χ0v) is 11.5. The minimum atomic E-state index is -0.234. The van der Waals surface area contributed by atoms with Crippen molar-refractivity contribution in [1.29, 1.82) is 0 Å². The molecule has 0 radical (unpaired) electrons. The fraction of sp³-hybridized carbons (Fsp3) is 0.118. The number of hydrogen-bond donors (Lipinski definition) is 1. The second-order valence-electron chi connectivity index (χ2n) is 4.74. The largest absolute Gasteiger partial charge is 0.340 e. The number of aromatic amines is 1. The van der Waals surface area contributed by atoms with Crippen LogP contribution in [0.25, 0.3) is 0 Å². The van der Waals surface area contributed by atoms with Gasteiger partial charge in [0.25, 0.3) is 0 Å². The highest BCUT2D eigenvalue weighted by Gasteiger charge is 2.17. The second kappa shape index (κ2) is 5.68. The first-order valence-corrected chi connectivity index (χ1v) is 6.67. The number of allylic oxidation sites excluding steroid dienone is 2. The molecule has 1 unspecified atom stereocenters. The maximum atomic E-state index is 13.0. The molecule has 104 valence electrons. The first-order chi connectivity index (χ1) is 10.2. The van der Waals surface area contributed by atoms with Crippen LogP contribution in [-0.2, 0) is 0 Å². The summed E-state index contributed by atoms with van der Waals surface area (Å²) in [5.41, 5.74) is 2.72. The molecule has 2 heterocycles. The summed E-state index contributed by atoms with van der Waals surface area (Å²) in [5, 5.41) is 0. The lowest BCUT2D eigenvalue weighted by Gasteiger charge is -2.30. The number of nitrogens with one attached hydrogen (secondary N) is 1. The Morgan fingerprint density at radius 3 is 2.76 bits per heavy atom. The summed E-state index contributed by atoms with van der Waals surface area (Å²) in [4.78, 5) is 8.96. The molecule has 1 N–H and O–H groups in total. The Hall–Kier alpha value is -2.80. The van der Waals surface area contributed by atoms with Crippen LogP contribution in [-0.4, -0.2) is 16.0 Å². The fourth-order valence-corrected chi connectivity index (χ4v) is 2.19. The van der Waals surface area contributed by atoms with Crippen molar-refractivity contribution in [2.75, 3.05) is 4.90 Å². The van der Waals surface area contributed by atoms with Gasteiger partial charge in [-0.3, -0.25) is 0 Å². The van der Waals surface area contributed by atoms with Crippen molar-refractivity contribution in [1.82, 2.24) is 9.97 Å². The molecule has 0 saturated carbocycles. The Morgan fingerprint density at radius 1 is 1.24 bits per heavy atom. The van der Waals surface area contributed by atoms with Crippen molar-refractivity contribution in [3.63, 3.8) is 0 Å². The van der Waals surface area contributed by atoms with Crippen LogP contribution >= 0.6 is 0 Å². The Labute approximate surface area is 122 Å².